The van der Waals surface area contributed by atoms with Crippen molar-refractivity contribution in [1.82, 2.24) is 15.0 Å². The zero-order chi connectivity index (χ0) is 16.1. The zero-order valence-corrected chi connectivity index (χ0v) is 13.1. The number of carbonyl (C=O) groups is 1. The Kier molecular flexibility index (Phi) is 5.14. The molecule has 2 aromatic rings. The summed E-state index contributed by atoms with van der Waals surface area (Å²) in [6.07, 6.45) is 0.624. The Morgan fingerprint density at radius 1 is 1.41 bits per heavy atom. The number of rotatable bonds is 7. The average Bonchev–Trinajstić information content (AvgIpc) is 2.81. The third kappa shape index (κ3) is 4.07. The molecule has 0 aliphatic carbocycles. The van der Waals surface area contributed by atoms with Gasteiger partial charge in [0.25, 0.3) is 0 Å². The summed E-state index contributed by atoms with van der Waals surface area (Å²) in [5.41, 5.74) is 1.81. The molecular formula is C16H21N3O3. The molecule has 0 aliphatic rings. The molecule has 0 radical (unpaired) electrons. The number of hydrogen-bond acceptors (Lipinski definition) is 4. The van der Waals surface area contributed by atoms with Gasteiger partial charge in [-0.1, -0.05) is 31.2 Å². The number of carboxylic acids is 1. The van der Waals surface area contributed by atoms with Gasteiger partial charge in [0.2, 0.25) is 0 Å². The molecule has 0 atom stereocenters. The molecule has 0 fully saturated rings. The second-order valence-corrected chi connectivity index (χ2v) is 5.68. The highest BCUT2D eigenvalue weighted by molar-refractivity contribution is 5.86. The van der Waals surface area contributed by atoms with E-state index in [0.717, 1.165) is 11.3 Å². The van der Waals surface area contributed by atoms with Gasteiger partial charge in [-0.25, -0.2) is 9.48 Å². The van der Waals surface area contributed by atoms with Crippen molar-refractivity contribution in [2.45, 2.75) is 33.7 Å². The number of ether oxygens (including phenoxy) is 1. The standard InChI is InChI=1S/C16H21N3O3/c1-11(2)9-14-15(16(20)21)17-18-19(14)7-8-22-13-6-4-5-12(3)10-13/h4-6,10-11H,7-9H2,1-3H3,(H,20,21). The number of hydrogen-bond donors (Lipinski definition) is 1. The number of carboxylic acid groups (broad SMARTS) is 1. The summed E-state index contributed by atoms with van der Waals surface area (Å²) in [5.74, 6) is 0.0820. The van der Waals surface area contributed by atoms with Gasteiger partial charge < -0.3 is 9.84 Å². The lowest BCUT2D eigenvalue weighted by Crippen LogP contribution is -2.15. The molecule has 2 rings (SSSR count). The van der Waals surface area contributed by atoms with Crippen LogP contribution in [0.1, 0.15) is 35.6 Å². The van der Waals surface area contributed by atoms with Gasteiger partial charge in [-0.2, -0.15) is 0 Å². The fourth-order valence-electron chi connectivity index (χ4n) is 2.22. The molecule has 22 heavy (non-hydrogen) atoms. The van der Waals surface area contributed by atoms with E-state index in [1.807, 2.05) is 45.0 Å². The Balaban J connectivity index is 2.04. The molecule has 0 saturated carbocycles. The predicted molar refractivity (Wildman–Crippen MR) is 82.2 cm³/mol. The number of aromatic carboxylic acids is 1. The molecule has 0 unspecified atom stereocenters. The average molecular weight is 303 g/mol. The van der Waals surface area contributed by atoms with Crippen molar-refractivity contribution in [3.05, 3.63) is 41.2 Å². The molecule has 0 saturated heterocycles. The van der Waals surface area contributed by atoms with E-state index in [1.54, 1.807) is 4.68 Å². The van der Waals surface area contributed by atoms with E-state index in [4.69, 9.17) is 4.74 Å². The van der Waals surface area contributed by atoms with E-state index in [9.17, 15) is 9.90 Å². The highest BCUT2D eigenvalue weighted by Gasteiger charge is 2.19. The molecular weight excluding hydrogens is 282 g/mol. The maximum absolute atomic E-state index is 11.2. The van der Waals surface area contributed by atoms with Crippen LogP contribution in [0.2, 0.25) is 0 Å². The third-order valence-electron chi connectivity index (χ3n) is 3.20. The predicted octanol–water partition coefficient (Wildman–Crippen LogP) is 2.56. The van der Waals surface area contributed by atoms with Crippen LogP contribution in [-0.4, -0.2) is 32.7 Å². The van der Waals surface area contributed by atoms with Crippen molar-refractivity contribution in [1.29, 1.82) is 0 Å². The quantitative estimate of drug-likeness (QED) is 0.850. The SMILES string of the molecule is Cc1cccc(OCCn2nnc(C(=O)O)c2CC(C)C)c1. The summed E-state index contributed by atoms with van der Waals surface area (Å²) in [6.45, 7) is 6.95. The molecule has 6 nitrogen and oxygen atoms in total. The Morgan fingerprint density at radius 2 is 2.18 bits per heavy atom. The third-order valence-corrected chi connectivity index (χ3v) is 3.20. The van der Waals surface area contributed by atoms with Crippen LogP contribution >= 0.6 is 0 Å². The highest BCUT2D eigenvalue weighted by atomic mass is 16.5. The van der Waals surface area contributed by atoms with Crippen LogP contribution in [-0.2, 0) is 13.0 Å². The number of nitrogens with zero attached hydrogens (tertiary/aromatic N) is 3. The fourth-order valence-corrected chi connectivity index (χ4v) is 2.22. The van der Waals surface area contributed by atoms with Gasteiger partial charge in [-0.3, -0.25) is 0 Å². The highest BCUT2D eigenvalue weighted by Crippen LogP contribution is 2.14. The lowest BCUT2D eigenvalue weighted by atomic mass is 10.1. The van der Waals surface area contributed by atoms with Gasteiger partial charge >= 0.3 is 5.97 Å². The monoisotopic (exact) mass is 303 g/mol. The Bertz CT molecular complexity index is 650. The van der Waals surface area contributed by atoms with Crippen molar-refractivity contribution in [2.75, 3.05) is 6.61 Å². The summed E-state index contributed by atoms with van der Waals surface area (Å²) < 4.78 is 7.31. The molecule has 1 heterocycles. The van der Waals surface area contributed by atoms with Crippen LogP contribution in [0.25, 0.3) is 0 Å². The molecule has 0 aliphatic heterocycles. The summed E-state index contributed by atoms with van der Waals surface area (Å²) in [6, 6.07) is 7.79. The van der Waals surface area contributed by atoms with Gasteiger partial charge in [0.05, 0.1) is 12.2 Å². The van der Waals surface area contributed by atoms with Crippen LogP contribution in [0.15, 0.2) is 24.3 Å². The van der Waals surface area contributed by atoms with Gasteiger partial charge in [-0.15, -0.1) is 5.10 Å². The summed E-state index contributed by atoms with van der Waals surface area (Å²) >= 11 is 0. The largest absolute Gasteiger partial charge is 0.492 e. The molecule has 0 bridgehead atoms. The number of aromatic nitrogens is 3. The first-order chi connectivity index (χ1) is 10.5. The maximum atomic E-state index is 11.2. The van der Waals surface area contributed by atoms with Crippen molar-refractivity contribution in [3.8, 4) is 5.75 Å². The van der Waals surface area contributed by atoms with Crippen LogP contribution in [0.5, 0.6) is 5.75 Å². The lowest BCUT2D eigenvalue weighted by molar-refractivity contribution is 0.0689. The first-order valence-corrected chi connectivity index (χ1v) is 7.32. The Morgan fingerprint density at radius 3 is 2.82 bits per heavy atom. The van der Waals surface area contributed by atoms with Crippen molar-refractivity contribution >= 4 is 5.97 Å². The molecule has 1 aromatic carbocycles. The van der Waals surface area contributed by atoms with E-state index in [2.05, 4.69) is 10.3 Å². The first kappa shape index (κ1) is 16.0. The van der Waals surface area contributed by atoms with Gasteiger partial charge in [0, 0.05) is 0 Å². The van der Waals surface area contributed by atoms with Gasteiger partial charge in [-0.05, 0) is 37.0 Å². The molecule has 6 heteroatoms. The minimum Gasteiger partial charge on any atom is -0.492 e. The molecule has 0 spiro atoms. The Labute approximate surface area is 129 Å². The second kappa shape index (κ2) is 7.06. The van der Waals surface area contributed by atoms with Crippen LogP contribution in [0.3, 0.4) is 0 Å². The van der Waals surface area contributed by atoms with Crippen LogP contribution in [0, 0.1) is 12.8 Å². The summed E-state index contributed by atoms with van der Waals surface area (Å²) in [4.78, 5) is 11.2. The minimum atomic E-state index is -1.04. The molecule has 1 aromatic heterocycles. The lowest BCUT2D eigenvalue weighted by Gasteiger charge is -2.10. The smallest absolute Gasteiger partial charge is 0.358 e. The maximum Gasteiger partial charge on any atom is 0.358 e. The Hall–Kier alpha value is -2.37. The molecule has 1 N–H and O–H groups in total. The van der Waals surface area contributed by atoms with E-state index < -0.39 is 5.97 Å². The second-order valence-electron chi connectivity index (χ2n) is 5.68. The van der Waals surface area contributed by atoms with Crippen molar-refractivity contribution in [2.24, 2.45) is 5.92 Å². The topological polar surface area (TPSA) is 77.2 Å². The zero-order valence-electron chi connectivity index (χ0n) is 13.1. The molecule has 0 amide bonds. The normalized spacial score (nSPS) is 10.9. The fraction of sp³-hybridized carbons (Fsp3) is 0.438. The van der Waals surface area contributed by atoms with Gasteiger partial charge in [0.1, 0.15) is 12.4 Å². The van der Waals surface area contributed by atoms with Gasteiger partial charge in [0.15, 0.2) is 5.69 Å². The summed E-state index contributed by atoms with van der Waals surface area (Å²) in [5, 5.41) is 16.9. The van der Waals surface area contributed by atoms with Crippen molar-refractivity contribution in [3.63, 3.8) is 0 Å². The van der Waals surface area contributed by atoms with E-state index in [0.29, 0.717) is 31.2 Å². The van der Waals surface area contributed by atoms with E-state index >= 15 is 0 Å². The first-order valence-electron chi connectivity index (χ1n) is 7.32. The number of benzene rings is 1. The molecule has 118 valence electrons. The van der Waals surface area contributed by atoms with Crippen LogP contribution < -0.4 is 4.74 Å². The van der Waals surface area contributed by atoms with Crippen LogP contribution in [0.4, 0.5) is 0 Å². The van der Waals surface area contributed by atoms with E-state index in [1.165, 1.54) is 0 Å². The minimum absolute atomic E-state index is 0.0317. The van der Waals surface area contributed by atoms with Crippen molar-refractivity contribution < 1.29 is 14.6 Å². The van der Waals surface area contributed by atoms with E-state index in [-0.39, 0.29) is 5.69 Å². The number of aryl methyl sites for hydroxylation is 1. The summed E-state index contributed by atoms with van der Waals surface area (Å²) in [7, 11) is 0.